The van der Waals surface area contributed by atoms with Gasteiger partial charge in [-0.3, -0.25) is 9.67 Å². The molecule has 2 aromatic rings. The summed E-state index contributed by atoms with van der Waals surface area (Å²) in [5, 5.41) is 10.6. The number of thiazole rings is 1. The van der Waals surface area contributed by atoms with E-state index in [0.29, 0.717) is 6.54 Å². The van der Waals surface area contributed by atoms with Crippen LogP contribution in [-0.2, 0) is 20.1 Å². The number of hydrogen-bond acceptors (Lipinski definition) is 5. The van der Waals surface area contributed by atoms with Gasteiger partial charge in [0.25, 0.3) is 0 Å². The van der Waals surface area contributed by atoms with E-state index in [-0.39, 0.29) is 24.0 Å². The Morgan fingerprint density at radius 2 is 2.13 bits per heavy atom. The molecule has 2 heterocycles. The number of aliphatic imine (C=N–C) groups is 1. The van der Waals surface area contributed by atoms with Crippen LogP contribution in [0.1, 0.15) is 11.3 Å². The van der Waals surface area contributed by atoms with Gasteiger partial charge in [-0.05, 0) is 0 Å². The molecule has 23 heavy (non-hydrogen) atoms. The molecule has 0 aliphatic carbocycles. The van der Waals surface area contributed by atoms with E-state index < -0.39 is 0 Å². The highest BCUT2D eigenvalue weighted by Crippen LogP contribution is 2.17. The molecule has 9 heteroatoms. The zero-order chi connectivity index (χ0) is 16.1. The Morgan fingerprint density at radius 3 is 2.65 bits per heavy atom. The van der Waals surface area contributed by atoms with Crippen LogP contribution < -0.4 is 10.2 Å². The summed E-state index contributed by atoms with van der Waals surface area (Å²) in [4.78, 5) is 13.0. The highest BCUT2D eigenvalue weighted by molar-refractivity contribution is 14.0. The van der Waals surface area contributed by atoms with Gasteiger partial charge in [-0.1, -0.05) is 0 Å². The van der Waals surface area contributed by atoms with Gasteiger partial charge in [-0.15, -0.1) is 35.3 Å². The van der Waals surface area contributed by atoms with E-state index in [0.717, 1.165) is 28.9 Å². The smallest absolute Gasteiger partial charge is 0.194 e. The molecule has 2 aromatic heterocycles. The minimum atomic E-state index is 0. The maximum absolute atomic E-state index is 4.56. The molecule has 7 nitrogen and oxygen atoms in total. The average Bonchev–Trinajstić information content (AvgIpc) is 3.09. The summed E-state index contributed by atoms with van der Waals surface area (Å²) in [5.41, 5.74) is 2.17. The van der Waals surface area contributed by atoms with Crippen LogP contribution in [0.25, 0.3) is 0 Å². The molecular weight excluding hydrogens is 425 g/mol. The van der Waals surface area contributed by atoms with Crippen LogP contribution in [0.4, 0.5) is 5.13 Å². The van der Waals surface area contributed by atoms with Gasteiger partial charge in [-0.2, -0.15) is 5.10 Å². The lowest BCUT2D eigenvalue weighted by Crippen LogP contribution is -2.38. The van der Waals surface area contributed by atoms with Crippen LogP contribution in [-0.4, -0.2) is 53.8 Å². The van der Waals surface area contributed by atoms with E-state index in [9.17, 15) is 0 Å². The largest absolute Gasteiger partial charge is 0.354 e. The first-order valence-corrected chi connectivity index (χ1v) is 7.88. The monoisotopic (exact) mass is 449 g/mol. The molecule has 0 fully saturated rings. The number of nitrogens with one attached hydrogen (secondary N) is 1. The average molecular weight is 449 g/mol. The highest BCUT2D eigenvalue weighted by atomic mass is 127. The topological polar surface area (TPSA) is 61.6 Å². The second kappa shape index (κ2) is 9.06. The predicted octanol–water partition coefficient (Wildman–Crippen LogP) is 1.77. The third kappa shape index (κ3) is 5.65. The van der Waals surface area contributed by atoms with Gasteiger partial charge in [0.1, 0.15) is 0 Å². The van der Waals surface area contributed by atoms with Gasteiger partial charge in [0.05, 0.1) is 18.4 Å². The van der Waals surface area contributed by atoms with E-state index in [1.54, 1.807) is 23.1 Å². The van der Waals surface area contributed by atoms with Gasteiger partial charge in [0.2, 0.25) is 0 Å². The van der Waals surface area contributed by atoms with Gasteiger partial charge < -0.3 is 15.1 Å². The van der Waals surface area contributed by atoms with Crippen molar-refractivity contribution in [1.82, 2.24) is 25.0 Å². The molecular formula is C14H24IN7S. The Morgan fingerprint density at radius 1 is 1.39 bits per heavy atom. The molecule has 0 aliphatic rings. The third-order valence-electron chi connectivity index (χ3n) is 3.10. The molecule has 0 bridgehead atoms. The van der Waals surface area contributed by atoms with Crippen molar-refractivity contribution in [2.75, 3.05) is 33.1 Å². The lowest BCUT2D eigenvalue weighted by Gasteiger charge is -2.21. The van der Waals surface area contributed by atoms with Crippen molar-refractivity contribution in [1.29, 1.82) is 0 Å². The van der Waals surface area contributed by atoms with Crippen LogP contribution in [0.3, 0.4) is 0 Å². The number of hydrogen-bond donors (Lipinski definition) is 1. The fourth-order valence-corrected chi connectivity index (χ4v) is 2.80. The van der Waals surface area contributed by atoms with Crippen molar-refractivity contribution in [2.24, 2.45) is 12.0 Å². The SMILES string of the molecule is CN=C(NCc1csc(N(C)C)n1)N(C)Cc1cnn(C)c1.I. The summed E-state index contributed by atoms with van der Waals surface area (Å²) >= 11 is 1.64. The van der Waals surface area contributed by atoms with Crippen molar-refractivity contribution < 1.29 is 0 Å². The second-order valence-corrected chi connectivity index (χ2v) is 6.13. The lowest BCUT2D eigenvalue weighted by molar-refractivity contribution is 0.476. The molecule has 0 spiro atoms. The fourth-order valence-electron chi connectivity index (χ4n) is 2.04. The normalized spacial score (nSPS) is 11.1. The third-order valence-corrected chi connectivity index (χ3v) is 4.16. The van der Waals surface area contributed by atoms with Gasteiger partial charge >= 0.3 is 0 Å². The first-order valence-electron chi connectivity index (χ1n) is 7.00. The van der Waals surface area contributed by atoms with Crippen molar-refractivity contribution >= 4 is 46.4 Å². The predicted molar refractivity (Wildman–Crippen MR) is 107 cm³/mol. The molecule has 0 amide bonds. The number of aryl methyl sites for hydroxylation is 1. The molecule has 0 saturated carbocycles. The summed E-state index contributed by atoms with van der Waals surface area (Å²) in [7, 11) is 9.71. The van der Waals surface area contributed by atoms with Gasteiger partial charge in [0, 0.05) is 58.9 Å². The minimum Gasteiger partial charge on any atom is -0.354 e. The Hall–Kier alpha value is -1.36. The molecule has 0 radical (unpaired) electrons. The van der Waals surface area contributed by atoms with Crippen LogP contribution in [0.15, 0.2) is 22.8 Å². The van der Waals surface area contributed by atoms with Gasteiger partial charge in [-0.25, -0.2) is 4.98 Å². The van der Waals surface area contributed by atoms with Gasteiger partial charge in [0.15, 0.2) is 11.1 Å². The summed E-state index contributed by atoms with van der Waals surface area (Å²) < 4.78 is 1.80. The maximum atomic E-state index is 4.56. The number of guanidine groups is 1. The van der Waals surface area contributed by atoms with E-state index in [4.69, 9.17) is 0 Å². The lowest BCUT2D eigenvalue weighted by atomic mass is 10.3. The first kappa shape index (κ1) is 19.7. The van der Waals surface area contributed by atoms with Crippen LogP contribution in [0, 0.1) is 0 Å². The summed E-state index contributed by atoms with van der Waals surface area (Å²) in [6.07, 6.45) is 3.88. The van der Waals surface area contributed by atoms with Crippen LogP contribution >= 0.6 is 35.3 Å². The molecule has 0 saturated heterocycles. The molecule has 0 aromatic carbocycles. The molecule has 0 atom stereocenters. The van der Waals surface area contributed by atoms with Crippen molar-refractivity contribution in [3.05, 3.63) is 29.0 Å². The Kier molecular flexibility index (Phi) is 7.76. The van der Waals surface area contributed by atoms with Crippen molar-refractivity contribution in [3.63, 3.8) is 0 Å². The second-order valence-electron chi connectivity index (χ2n) is 5.29. The highest BCUT2D eigenvalue weighted by Gasteiger charge is 2.09. The van der Waals surface area contributed by atoms with E-state index in [2.05, 4.69) is 30.7 Å². The molecule has 2 rings (SSSR count). The zero-order valence-electron chi connectivity index (χ0n) is 14.1. The summed E-state index contributed by atoms with van der Waals surface area (Å²) in [6, 6.07) is 0. The number of halogens is 1. The van der Waals surface area contributed by atoms with Crippen molar-refractivity contribution in [3.8, 4) is 0 Å². The molecule has 0 aliphatic heterocycles. The van der Waals surface area contributed by atoms with Crippen LogP contribution in [0.5, 0.6) is 0 Å². The Labute approximate surface area is 158 Å². The fraction of sp³-hybridized carbons (Fsp3) is 0.500. The summed E-state index contributed by atoms with van der Waals surface area (Å²) in [6.45, 7) is 1.42. The number of nitrogens with zero attached hydrogens (tertiary/aromatic N) is 6. The molecule has 1 N–H and O–H groups in total. The number of aromatic nitrogens is 3. The number of anilines is 1. The van der Waals surface area contributed by atoms with E-state index in [1.165, 1.54) is 0 Å². The maximum Gasteiger partial charge on any atom is 0.194 e. The first-order chi connectivity index (χ1) is 10.5. The van der Waals surface area contributed by atoms with E-state index >= 15 is 0 Å². The summed E-state index contributed by atoms with van der Waals surface area (Å²) in [5.74, 6) is 0.836. The number of rotatable bonds is 5. The minimum absolute atomic E-state index is 0. The molecule has 128 valence electrons. The Bertz CT molecular complexity index is 635. The molecule has 0 unspecified atom stereocenters. The van der Waals surface area contributed by atoms with Crippen LogP contribution in [0.2, 0.25) is 0 Å². The quantitative estimate of drug-likeness (QED) is 0.429. The van der Waals surface area contributed by atoms with E-state index in [1.807, 2.05) is 45.5 Å². The standard InChI is InChI=1S/C14H23N7S.HI/c1-15-13(20(4)8-11-6-17-21(5)9-11)16-7-12-10-22-14(18-12)19(2)3;/h6,9-10H,7-8H2,1-5H3,(H,15,16);1H. The zero-order valence-corrected chi connectivity index (χ0v) is 17.3. The van der Waals surface area contributed by atoms with Crippen molar-refractivity contribution in [2.45, 2.75) is 13.1 Å². The Balaban J connectivity index is 0.00000264.